The third kappa shape index (κ3) is 1.96. The topological polar surface area (TPSA) is 66.4 Å². The van der Waals surface area contributed by atoms with Crippen LogP contribution in [0.4, 0.5) is 0 Å². The maximum absolute atomic E-state index is 11.8. The number of fused-ring (bicyclic) bond motifs is 5. The summed E-state index contributed by atoms with van der Waals surface area (Å²) in [5, 5.41) is 12.7. The van der Waals surface area contributed by atoms with Gasteiger partial charge < -0.3 is 10.4 Å². The number of carboxylic acid groups (broad SMARTS) is 1. The molecule has 1 saturated heterocycles. The van der Waals surface area contributed by atoms with Crippen LogP contribution in [0.2, 0.25) is 0 Å². The van der Waals surface area contributed by atoms with E-state index >= 15 is 0 Å². The Labute approximate surface area is 137 Å². The molecule has 4 aliphatic rings. The number of carbonyl (C=O) groups excluding carboxylic acids is 1. The minimum atomic E-state index is -0.600. The van der Waals surface area contributed by atoms with E-state index < -0.39 is 5.97 Å². The molecule has 1 aliphatic heterocycles. The fourth-order valence-electron chi connectivity index (χ4n) is 6.60. The zero-order valence-corrected chi connectivity index (χ0v) is 14.1. The number of aliphatic carboxylic acids is 1. The largest absolute Gasteiger partial charge is 0.481 e. The van der Waals surface area contributed by atoms with Crippen LogP contribution in [0, 0.1) is 34.5 Å². The first kappa shape index (κ1) is 15.2. The summed E-state index contributed by atoms with van der Waals surface area (Å²) in [5.74, 6) is 1.08. The number of piperidine rings is 1. The molecule has 0 bridgehead atoms. The van der Waals surface area contributed by atoms with Crippen LogP contribution in [0.3, 0.4) is 0 Å². The highest BCUT2D eigenvalue weighted by Crippen LogP contribution is 2.65. The van der Waals surface area contributed by atoms with Crippen molar-refractivity contribution >= 4 is 11.9 Å². The fourth-order valence-corrected chi connectivity index (χ4v) is 6.60. The van der Waals surface area contributed by atoms with Crippen molar-refractivity contribution in [2.24, 2.45) is 34.5 Å². The first-order chi connectivity index (χ1) is 10.9. The first-order valence-corrected chi connectivity index (χ1v) is 9.09. The minimum Gasteiger partial charge on any atom is -0.481 e. The predicted molar refractivity (Wildman–Crippen MR) is 86.4 cm³/mol. The normalized spacial score (nSPS) is 48.6. The zero-order chi connectivity index (χ0) is 16.4. The standard InChI is InChI=1S/C19H27NO3/c1-18-9-7-13-11(12(18)4-5-14(18)17(22)23)3-6-15-19(13,2)10-8-16(21)20-15/h6,11-14H,3-5,7-10H2,1-2H3,(H,20,21)(H,22,23)/t11?,12?,13?,14?,18-,19-/m0/s1. The second-order valence-corrected chi connectivity index (χ2v) is 8.71. The monoisotopic (exact) mass is 317 g/mol. The van der Waals surface area contributed by atoms with Gasteiger partial charge in [-0.05, 0) is 61.7 Å². The lowest BCUT2D eigenvalue weighted by Crippen LogP contribution is -2.53. The molecule has 126 valence electrons. The number of allylic oxidation sites excluding steroid dienone is 2. The van der Waals surface area contributed by atoms with E-state index in [0.717, 1.165) is 44.2 Å². The van der Waals surface area contributed by atoms with Crippen molar-refractivity contribution < 1.29 is 14.7 Å². The average molecular weight is 317 g/mol. The lowest BCUT2D eigenvalue weighted by molar-refractivity contribution is -0.149. The highest BCUT2D eigenvalue weighted by atomic mass is 16.4. The van der Waals surface area contributed by atoms with Crippen LogP contribution in [-0.4, -0.2) is 17.0 Å². The summed E-state index contributed by atoms with van der Waals surface area (Å²) in [5.41, 5.74) is 1.19. The molecule has 0 spiro atoms. The zero-order valence-electron chi connectivity index (χ0n) is 14.1. The molecule has 3 aliphatic carbocycles. The maximum Gasteiger partial charge on any atom is 0.307 e. The van der Waals surface area contributed by atoms with Crippen molar-refractivity contribution in [2.75, 3.05) is 0 Å². The van der Waals surface area contributed by atoms with E-state index in [4.69, 9.17) is 0 Å². The molecule has 2 saturated carbocycles. The number of rotatable bonds is 1. The van der Waals surface area contributed by atoms with Gasteiger partial charge in [0.05, 0.1) is 5.92 Å². The second kappa shape index (κ2) is 4.84. The molecule has 0 radical (unpaired) electrons. The van der Waals surface area contributed by atoms with E-state index in [1.165, 1.54) is 0 Å². The molecule has 4 unspecified atom stereocenters. The molecule has 4 nitrogen and oxygen atoms in total. The number of hydrogen-bond donors (Lipinski definition) is 2. The van der Waals surface area contributed by atoms with Gasteiger partial charge in [-0.2, -0.15) is 0 Å². The summed E-state index contributed by atoms with van der Waals surface area (Å²) < 4.78 is 0. The number of carboxylic acids is 1. The van der Waals surface area contributed by atoms with Crippen LogP contribution in [-0.2, 0) is 9.59 Å². The van der Waals surface area contributed by atoms with Crippen molar-refractivity contribution in [1.82, 2.24) is 5.32 Å². The summed E-state index contributed by atoms with van der Waals surface area (Å²) in [6.07, 6.45) is 8.83. The molecule has 0 aromatic rings. The Morgan fingerprint density at radius 3 is 2.74 bits per heavy atom. The molecule has 3 fully saturated rings. The van der Waals surface area contributed by atoms with Gasteiger partial charge in [-0.15, -0.1) is 0 Å². The molecule has 1 heterocycles. The predicted octanol–water partition coefficient (Wildman–Crippen LogP) is 3.33. The Kier molecular flexibility index (Phi) is 3.20. The van der Waals surface area contributed by atoms with E-state index in [-0.39, 0.29) is 22.7 Å². The molecule has 4 heteroatoms. The van der Waals surface area contributed by atoms with Crippen LogP contribution >= 0.6 is 0 Å². The smallest absolute Gasteiger partial charge is 0.307 e. The molecule has 0 aromatic carbocycles. The van der Waals surface area contributed by atoms with Gasteiger partial charge in [-0.1, -0.05) is 19.9 Å². The lowest BCUT2D eigenvalue weighted by atomic mass is 9.49. The van der Waals surface area contributed by atoms with Crippen LogP contribution < -0.4 is 5.32 Å². The maximum atomic E-state index is 11.8. The van der Waals surface area contributed by atoms with E-state index in [1.54, 1.807) is 0 Å². The van der Waals surface area contributed by atoms with E-state index in [1.807, 2.05) is 0 Å². The van der Waals surface area contributed by atoms with Crippen molar-refractivity contribution in [1.29, 1.82) is 0 Å². The summed E-state index contributed by atoms with van der Waals surface area (Å²) in [6, 6.07) is 0. The summed E-state index contributed by atoms with van der Waals surface area (Å²) in [4.78, 5) is 23.4. The Morgan fingerprint density at radius 2 is 2.00 bits per heavy atom. The van der Waals surface area contributed by atoms with Gasteiger partial charge in [0, 0.05) is 17.5 Å². The fraction of sp³-hybridized carbons (Fsp3) is 0.789. The Balaban J connectivity index is 1.67. The molecule has 6 atom stereocenters. The second-order valence-electron chi connectivity index (χ2n) is 8.71. The van der Waals surface area contributed by atoms with Gasteiger partial charge >= 0.3 is 5.97 Å². The molecule has 23 heavy (non-hydrogen) atoms. The van der Waals surface area contributed by atoms with Crippen molar-refractivity contribution in [3.63, 3.8) is 0 Å². The Hall–Kier alpha value is -1.32. The third-order valence-electron chi connectivity index (χ3n) is 7.91. The molecule has 4 rings (SSSR count). The summed E-state index contributed by atoms with van der Waals surface area (Å²) in [6.45, 7) is 4.55. The summed E-state index contributed by atoms with van der Waals surface area (Å²) >= 11 is 0. The summed E-state index contributed by atoms with van der Waals surface area (Å²) in [7, 11) is 0. The van der Waals surface area contributed by atoms with Gasteiger partial charge in [-0.3, -0.25) is 9.59 Å². The molecule has 2 N–H and O–H groups in total. The Morgan fingerprint density at radius 1 is 1.22 bits per heavy atom. The number of nitrogens with one attached hydrogen (secondary N) is 1. The van der Waals surface area contributed by atoms with E-state index in [2.05, 4.69) is 25.2 Å². The van der Waals surface area contributed by atoms with Crippen LogP contribution in [0.1, 0.15) is 58.8 Å². The van der Waals surface area contributed by atoms with Gasteiger partial charge in [0.15, 0.2) is 0 Å². The highest BCUT2D eigenvalue weighted by molar-refractivity contribution is 5.79. The Bertz CT molecular complexity index is 597. The first-order valence-electron chi connectivity index (χ1n) is 9.09. The van der Waals surface area contributed by atoms with Crippen molar-refractivity contribution in [2.45, 2.75) is 58.8 Å². The average Bonchev–Trinajstić information content (AvgIpc) is 2.85. The van der Waals surface area contributed by atoms with E-state index in [0.29, 0.717) is 24.2 Å². The molecular formula is C19H27NO3. The molecule has 0 aromatic heterocycles. The SMILES string of the molecule is C[C@]12CCC3C(CC=C4NC(=O)CC[C@]43C)C1CCC2C(=O)O. The van der Waals surface area contributed by atoms with Crippen LogP contribution in [0.25, 0.3) is 0 Å². The highest BCUT2D eigenvalue weighted by Gasteiger charge is 2.60. The van der Waals surface area contributed by atoms with Crippen molar-refractivity contribution in [3.8, 4) is 0 Å². The number of amides is 1. The van der Waals surface area contributed by atoms with Crippen LogP contribution in [0.15, 0.2) is 11.8 Å². The van der Waals surface area contributed by atoms with Gasteiger partial charge in [0.25, 0.3) is 0 Å². The lowest BCUT2D eigenvalue weighted by Gasteiger charge is -2.56. The minimum absolute atomic E-state index is 0.0351. The van der Waals surface area contributed by atoms with Crippen molar-refractivity contribution in [3.05, 3.63) is 11.8 Å². The third-order valence-corrected chi connectivity index (χ3v) is 7.91. The molecule has 1 amide bonds. The molecular weight excluding hydrogens is 290 g/mol. The van der Waals surface area contributed by atoms with Gasteiger partial charge in [0.2, 0.25) is 5.91 Å². The van der Waals surface area contributed by atoms with Gasteiger partial charge in [-0.25, -0.2) is 0 Å². The number of carbonyl (C=O) groups is 2. The van der Waals surface area contributed by atoms with Crippen LogP contribution in [0.5, 0.6) is 0 Å². The quantitative estimate of drug-likeness (QED) is 0.779. The number of hydrogen-bond acceptors (Lipinski definition) is 2. The van der Waals surface area contributed by atoms with E-state index in [9.17, 15) is 14.7 Å². The van der Waals surface area contributed by atoms with Gasteiger partial charge in [0.1, 0.15) is 0 Å².